The molecular formula is C14H22N4O. The summed E-state index contributed by atoms with van der Waals surface area (Å²) in [5.41, 5.74) is 3.05. The van der Waals surface area contributed by atoms with Crippen molar-refractivity contribution >= 4 is 11.7 Å². The van der Waals surface area contributed by atoms with Crippen LogP contribution in [-0.2, 0) is 0 Å². The zero-order chi connectivity index (χ0) is 13.7. The van der Waals surface area contributed by atoms with Crippen molar-refractivity contribution in [3.05, 3.63) is 23.9 Å². The molecule has 3 N–H and O–H groups in total. The summed E-state index contributed by atoms with van der Waals surface area (Å²) in [6.07, 6.45) is 7.54. The number of nitrogens with two attached hydrogens (primary N) is 1. The molecule has 0 aromatic carbocycles. The minimum absolute atomic E-state index is 0.0236. The fraction of sp³-hybridized carbons (Fsp3) is 0.571. The second kappa shape index (κ2) is 6.52. The maximum absolute atomic E-state index is 12.6. The van der Waals surface area contributed by atoms with Crippen LogP contribution in [0.2, 0.25) is 0 Å². The van der Waals surface area contributed by atoms with E-state index in [1.165, 1.54) is 19.3 Å². The van der Waals surface area contributed by atoms with Gasteiger partial charge in [0.25, 0.3) is 5.91 Å². The van der Waals surface area contributed by atoms with Gasteiger partial charge in [0.15, 0.2) is 5.82 Å². The van der Waals surface area contributed by atoms with Crippen molar-refractivity contribution in [3.8, 4) is 0 Å². The lowest BCUT2D eigenvalue weighted by Gasteiger charge is -2.33. The highest BCUT2D eigenvalue weighted by molar-refractivity contribution is 5.98. The van der Waals surface area contributed by atoms with Crippen LogP contribution in [0.5, 0.6) is 0 Å². The van der Waals surface area contributed by atoms with E-state index in [-0.39, 0.29) is 5.91 Å². The van der Waals surface area contributed by atoms with Crippen LogP contribution in [-0.4, -0.2) is 28.4 Å². The van der Waals surface area contributed by atoms with Gasteiger partial charge in [-0.15, -0.1) is 0 Å². The van der Waals surface area contributed by atoms with Crippen molar-refractivity contribution in [3.63, 3.8) is 0 Å². The number of anilines is 1. The van der Waals surface area contributed by atoms with Crippen LogP contribution in [0.1, 0.15) is 49.4 Å². The summed E-state index contributed by atoms with van der Waals surface area (Å²) in [5, 5.41) is 0. The predicted octanol–water partition coefficient (Wildman–Crippen LogP) is 2.16. The third-order valence-electron chi connectivity index (χ3n) is 3.79. The van der Waals surface area contributed by atoms with Crippen LogP contribution in [0.25, 0.3) is 0 Å². The Balaban J connectivity index is 2.19. The van der Waals surface area contributed by atoms with Gasteiger partial charge in [-0.3, -0.25) is 4.79 Å². The fourth-order valence-electron chi connectivity index (χ4n) is 2.81. The second-order valence-corrected chi connectivity index (χ2v) is 4.93. The lowest BCUT2D eigenvalue weighted by atomic mass is 9.93. The highest BCUT2D eigenvalue weighted by Gasteiger charge is 2.26. The number of hydrogen-bond acceptors (Lipinski definition) is 4. The van der Waals surface area contributed by atoms with Gasteiger partial charge in [0.1, 0.15) is 0 Å². The molecule has 0 spiro atoms. The zero-order valence-corrected chi connectivity index (χ0v) is 11.4. The zero-order valence-electron chi connectivity index (χ0n) is 11.4. The summed E-state index contributed by atoms with van der Waals surface area (Å²) in [6, 6.07) is 3.90. The number of nitrogens with one attached hydrogen (secondary N) is 1. The van der Waals surface area contributed by atoms with Crippen molar-refractivity contribution in [2.24, 2.45) is 5.84 Å². The molecule has 0 aliphatic heterocycles. The van der Waals surface area contributed by atoms with Gasteiger partial charge in [-0.25, -0.2) is 10.8 Å². The molecular weight excluding hydrogens is 240 g/mol. The summed E-state index contributed by atoms with van der Waals surface area (Å²) in [6.45, 7) is 2.75. The van der Waals surface area contributed by atoms with Gasteiger partial charge in [-0.1, -0.05) is 19.3 Å². The van der Waals surface area contributed by atoms with Crippen LogP contribution >= 0.6 is 0 Å². The van der Waals surface area contributed by atoms with Crippen molar-refractivity contribution in [1.29, 1.82) is 0 Å². The number of nitrogen functional groups attached to an aromatic ring is 1. The summed E-state index contributed by atoms with van der Waals surface area (Å²) in [4.78, 5) is 18.7. The Kier molecular flexibility index (Phi) is 4.74. The minimum Gasteiger partial charge on any atom is -0.336 e. The van der Waals surface area contributed by atoms with Crippen molar-refractivity contribution in [1.82, 2.24) is 9.88 Å². The van der Waals surface area contributed by atoms with Crippen molar-refractivity contribution in [2.75, 3.05) is 12.0 Å². The molecule has 1 heterocycles. The highest BCUT2D eigenvalue weighted by Crippen LogP contribution is 2.25. The molecule has 1 amide bonds. The van der Waals surface area contributed by atoms with Gasteiger partial charge in [0, 0.05) is 18.8 Å². The summed E-state index contributed by atoms with van der Waals surface area (Å²) in [7, 11) is 0. The topological polar surface area (TPSA) is 71.2 Å². The van der Waals surface area contributed by atoms with Gasteiger partial charge in [0.05, 0.1) is 5.56 Å². The number of carbonyl (C=O) groups excluding carboxylic acids is 1. The number of hydrogen-bond donors (Lipinski definition) is 2. The normalized spacial score (nSPS) is 16.1. The Labute approximate surface area is 114 Å². The molecule has 0 radical (unpaired) electrons. The van der Waals surface area contributed by atoms with Gasteiger partial charge in [0.2, 0.25) is 0 Å². The molecule has 1 aromatic rings. The standard InChI is InChI=1S/C14H22N4O/c1-2-18(11-7-4-3-5-8-11)14(19)12-9-6-10-16-13(12)17-15/h6,9-11H,2-5,7-8,15H2,1H3,(H,16,17). The Morgan fingerprint density at radius 1 is 1.47 bits per heavy atom. The molecule has 0 atom stereocenters. The SMILES string of the molecule is CCN(C(=O)c1cccnc1NN)C1CCCCC1. The van der Waals surface area contributed by atoms with E-state index in [1.54, 1.807) is 18.3 Å². The number of nitrogens with zero attached hydrogens (tertiary/aromatic N) is 2. The van der Waals surface area contributed by atoms with E-state index < -0.39 is 0 Å². The maximum Gasteiger partial charge on any atom is 0.257 e. The first-order valence-corrected chi connectivity index (χ1v) is 7.00. The largest absolute Gasteiger partial charge is 0.336 e. The third-order valence-corrected chi connectivity index (χ3v) is 3.79. The molecule has 1 aliphatic carbocycles. The Bertz CT molecular complexity index is 429. The molecule has 0 unspecified atom stereocenters. The van der Waals surface area contributed by atoms with E-state index in [9.17, 15) is 4.79 Å². The minimum atomic E-state index is 0.0236. The van der Waals surface area contributed by atoms with E-state index >= 15 is 0 Å². The lowest BCUT2D eigenvalue weighted by molar-refractivity contribution is 0.0648. The molecule has 5 heteroatoms. The van der Waals surface area contributed by atoms with Crippen LogP contribution in [0, 0.1) is 0 Å². The average molecular weight is 262 g/mol. The molecule has 1 aromatic heterocycles. The molecule has 5 nitrogen and oxygen atoms in total. The Hall–Kier alpha value is -1.62. The molecule has 2 rings (SSSR count). The maximum atomic E-state index is 12.6. The lowest BCUT2D eigenvalue weighted by Crippen LogP contribution is -2.41. The average Bonchev–Trinajstić information content (AvgIpc) is 2.49. The van der Waals surface area contributed by atoms with E-state index in [2.05, 4.69) is 10.4 Å². The van der Waals surface area contributed by atoms with Gasteiger partial charge in [-0.05, 0) is 31.9 Å². The summed E-state index contributed by atoms with van der Waals surface area (Å²) >= 11 is 0. The summed E-state index contributed by atoms with van der Waals surface area (Å²) in [5.74, 6) is 5.89. The van der Waals surface area contributed by atoms with Crippen LogP contribution < -0.4 is 11.3 Å². The molecule has 1 saturated carbocycles. The number of pyridine rings is 1. The first-order valence-electron chi connectivity index (χ1n) is 7.00. The number of aromatic nitrogens is 1. The van der Waals surface area contributed by atoms with E-state index in [4.69, 9.17) is 5.84 Å². The monoisotopic (exact) mass is 262 g/mol. The molecule has 19 heavy (non-hydrogen) atoms. The Morgan fingerprint density at radius 3 is 2.84 bits per heavy atom. The number of amides is 1. The van der Waals surface area contributed by atoms with E-state index in [1.807, 2.05) is 11.8 Å². The summed E-state index contributed by atoms with van der Waals surface area (Å²) < 4.78 is 0. The molecule has 0 saturated heterocycles. The van der Waals surface area contributed by atoms with Crippen molar-refractivity contribution in [2.45, 2.75) is 45.1 Å². The van der Waals surface area contributed by atoms with Crippen LogP contribution in [0.3, 0.4) is 0 Å². The highest BCUT2D eigenvalue weighted by atomic mass is 16.2. The van der Waals surface area contributed by atoms with Gasteiger partial charge in [-0.2, -0.15) is 0 Å². The molecule has 104 valence electrons. The smallest absolute Gasteiger partial charge is 0.257 e. The quantitative estimate of drug-likeness (QED) is 0.644. The molecule has 0 bridgehead atoms. The molecule has 1 aliphatic rings. The number of carbonyl (C=O) groups is 1. The second-order valence-electron chi connectivity index (χ2n) is 4.93. The van der Waals surface area contributed by atoms with E-state index in [0.29, 0.717) is 17.4 Å². The first kappa shape index (κ1) is 13.8. The van der Waals surface area contributed by atoms with Crippen LogP contribution in [0.15, 0.2) is 18.3 Å². The van der Waals surface area contributed by atoms with Gasteiger partial charge >= 0.3 is 0 Å². The number of rotatable bonds is 4. The predicted molar refractivity (Wildman–Crippen MR) is 75.6 cm³/mol. The van der Waals surface area contributed by atoms with Gasteiger partial charge < -0.3 is 10.3 Å². The fourth-order valence-corrected chi connectivity index (χ4v) is 2.81. The van der Waals surface area contributed by atoms with Crippen molar-refractivity contribution < 1.29 is 4.79 Å². The number of hydrazine groups is 1. The Morgan fingerprint density at radius 2 is 2.21 bits per heavy atom. The molecule has 1 fully saturated rings. The van der Waals surface area contributed by atoms with Crippen LogP contribution in [0.4, 0.5) is 5.82 Å². The van der Waals surface area contributed by atoms with E-state index in [0.717, 1.165) is 19.4 Å². The first-order chi connectivity index (χ1) is 9.27. The third kappa shape index (κ3) is 3.04.